The van der Waals surface area contributed by atoms with Crippen LogP contribution < -0.4 is 4.74 Å². The van der Waals surface area contributed by atoms with Gasteiger partial charge in [0.2, 0.25) is 0 Å². The molecular formula is C26H26FN3O2. The lowest BCUT2D eigenvalue weighted by Crippen LogP contribution is -2.36. The maximum absolute atomic E-state index is 13.3. The highest BCUT2D eigenvalue weighted by Gasteiger charge is 2.33. The van der Waals surface area contributed by atoms with Gasteiger partial charge in [0.15, 0.2) is 0 Å². The number of amides is 1. The number of nitrogens with zero attached hydrogens (tertiary/aromatic N) is 3. The predicted octanol–water partition coefficient (Wildman–Crippen LogP) is 4.64. The molecule has 1 atom stereocenters. The number of methoxy groups -OCH3 is 1. The molecule has 5 nitrogen and oxygen atoms in total. The first-order valence-electron chi connectivity index (χ1n) is 10.6. The van der Waals surface area contributed by atoms with Crippen LogP contribution in [0.4, 0.5) is 4.39 Å². The van der Waals surface area contributed by atoms with E-state index in [1.54, 1.807) is 24.3 Å². The maximum Gasteiger partial charge on any atom is 0.257 e. The van der Waals surface area contributed by atoms with Gasteiger partial charge in [0.05, 0.1) is 25.4 Å². The zero-order chi connectivity index (χ0) is 22.5. The second kappa shape index (κ2) is 9.75. The van der Waals surface area contributed by atoms with Crippen molar-refractivity contribution >= 4 is 11.6 Å². The van der Waals surface area contributed by atoms with E-state index in [2.05, 4.69) is 0 Å². The van der Waals surface area contributed by atoms with Crippen molar-refractivity contribution in [3.63, 3.8) is 0 Å². The highest BCUT2D eigenvalue weighted by atomic mass is 19.1. The molecule has 6 heteroatoms. The third-order valence-corrected chi connectivity index (χ3v) is 5.54. The van der Waals surface area contributed by atoms with Crippen LogP contribution in [0, 0.1) is 5.82 Å². The summed E-state index contributed by atoms with van der Waals surface area (Å²) >= 11 is 0. The molecule has 0 fully saturated rings. The summed E-state index contributed by atoms with van der Waals surface area (Å²) < 4.78 is 18.4. The predicted molar refractivity (Wildman–Crippen MR) is 123 cm³/mol. The second-order valence-corrected chi connectivity index (χ2v) is 7.94. The van der Waals surface area contributed by atoms with Gasteiger partial charge in [0, 0.05) is 13.0 Å². The van der Waals surface area contributed by atoms with E-state index in [1.807, 2.05) is 66.5 Å². The first-order valence-corrected chi connectivity index (χ1v) is 10.6. The molecule has 1 amide bonds. The number of rotatable bonds is 7. The molecule has 0 N–H and O–H groups in total. The number of hydrazone groups is 1. The molecule has 3 aromatic carbocycles. The van der Waals surface area contributed by atoms with Gasteiger partial charge in [0.25, 0.3) is 5.91 Å². The number of likely N-dealkylation sites (N-methyl/N-ethyl adjacent to an activating group) is 1. The number of hydrogen-bond donors (Lipinski definition) is 0. The zero-order valence-electron chi connectivity index (χ0n) is 18.2. The molecule has 1 aliphatic heterocycles. The number of carbonyl (C=O) groups is 1. The number of carbonyl (C=O) groups excluding carboxylic acids is 1. The van der Waals surface area contributed by atoms with Gasteiger partial charge >= 0.3 is 0 Å². The van der Waals surface area contributed by atoms with E-state index in [4.69, 9.17) is 9.84 Å². The average molecular weight is 432 g/mol. The molecule has 4 rings (SSSR count). The quantitative estimate of drug-likeness (QED) is 0.547. The van der Waals surface area contributed by atoms with E-state index in [0.717, 1.165) is 28.2 Å². The molecule has 0 radical (unpaired) electrons. The fraction of sp³-hybridized carbons (Fsp3) is 0.231. The molecule has 0 spiro atoms. The maximum atomic E-state index is 13.3. The molecule has 1 unspecified atom stereocenters. The van der Waals surface area contributed by atoms with Gasteiger partial charge in [-0.2, -0.15) is 5.10 Å². The van der Waals surface area contributed by atoms with E-state index in [-0.39, 0.29) is 24.3 Å². The highest BCUT2D eigenvalue weighted by molar-refractivity contribution is 6.03. The third-order valence-electron chi connectivity index (χ3n) is 5.54. The van der Waals surface area contributed by atoms with Crippen LogP contribution in [0.3, 0.4) is 0 Å². The van der Waals surface area contributed by atoms with E-state index in [9.17, 15) is 9.18 Å². The Balaban J connectivity index is 1.53. The number of halogens is 1. The molecule has 0 saturated carbocycles. The smallest absolute Gasteiger partial charge is 0.257 e. The van der Waals surface area contributed by atoms with Crippen molar-refractivity contribution in [2.75, 3.05) is 20.7 Å². The van der Waals surface area contributed by atoms with E-state index in [0.29, 0.717) is 13.0 Å². The van der Waals surface area contributed by atoms with E-state index >= 15 is 0 Å². The van der Waals surface area contributed by atoms with Crippen molar-refractivity contribution in [1.29, 1.82) is 0 Å². The Morgan fingerprint density at radius 3 is 2.41 bits per heavy atom. The Bertz CT molecular complexity index is 1080. The van der Waals surface area contributed by atoms with Crippen molar-refractivity contribution in [3.05, 3.63) is 101 Å². The molecular weight excluding hydrogens is 405 g/mol. The molecule has 0 aromatic heterocycles. The molecule has 1 aliphatic rings. The SMILES string of the molecule is COc1ccc(C2CC(c3ccccc3)=NN2C(=O)CN(C)Cc2ccc(F)cc2)cc1. The molecule has 0 saturated heterocycles. The van der Waals surface area contributed by atoms with Crippen LogP contribution in [0.25, 0.3) is 0 Å². The van der Waals surface area contributed by atoms with Crippen LogP contribution in [-0.4, -0.2) is 42.2 Å². The van der Waals surface area contributed by atoms with Gasteiger partial charge in [0.1, 0.15) is 11.6 Å². The van der Waals surface area contributed by atoms with Crippen molar-refractivity contribution in [2.24, 2.45) is 5.10 Å². The molecule has 1 heterocycles. The average Bonchev–Trinajstić information content (AvgIpc) is 3.27. The third kappa shape index (κ3) is 5.03. The van der Waals surface area contributed by atoms with Gasteiger partial charge in [-0.3, -0.25) is 9.69 Å². The minimum Gasteiger partial charge on any atom is -0.497 e. The molecule has 0 aliphatic carbocycles. The van der Waals surface area contributed by atoms with Crippen molar-refractivity contribution in [3.8, 4) is 5.75 Å². The number of benzene rings is 3. The minimum absolute atomic E-state index is 0.0821. The van der Waals surface area contributed by atoms with Gasteiger partial charge < -0.3 is 4.74 Å². The molecule has 32 heavy (non-hydrogen) atoms. The van der Waals surface area contributed by atoms with Crippen LogP contribution in [0.5, 0.6) is 5.75 Å². The summed E-state index contributed by atoms with van der Waals surface area (Å²) in [5, 5.41) is 6.33. The first-order chi connectivity index (χ1) is 15.5. The van der Waals surface area contributed by atoms with Crippen LogP contribution in [0.1, 0.15) is 29.2 Å². The molecule has 3 aromatic rings. The van der Waals surface area contributed by atoms with Crippen molar-refractivity contribution in [2.45, 2.75) is 19.0 Å². The summed E-state index contributed by atoms with van der Waals surface area (Å²) in [7, 11) is 3.51. The van der Waals surface area contributed by atoms with E-state index in [1.165, 1.54) is 12.1 Å². The highest BCUT2D eigenvalue weighted by Crippen LogP contribution is 2.33. The Kier molecular flexibility index (Phi) is 6.61. The van der Waals surface area contributed by atoms with Crippen LogP contribution in [0.2, 0.25) is 0 Å². The lowest BCUT2D eigenvalue weighted by molar-refractivity contribution is -0.134. The summed E-state index contributed by atoms with van der Waals surface area (Å²) in [6, 6.07) is 23.9. The Hall–Kier alpha value is -3.51. The van der Waals surface area contributed by atoms with Gasteiger partial charge in [-0.15, -0.1) is 0 Å². The van der Waals surface area contributed by atoms with Crippen molar-refractivity contribution in [1.82, 2.24) is 9.91 Å². The van der Waals surface area contributed by atoms with Gasteiger partial charge in [-0.05, 0) is 48.0 Å². The topological polar surface area (TPSA) is 45.1 Å². The lowest BCUT2D eigenvalue weighted by Gasteiger charge is -2.25. The van der Waals surface area contributed by atoms with E-state index < -0.39 is 0 Å². The largest absolute Gasteiger partial charge is 0.497 e. The Morgan fingerprint density at radius 1 is 1.06 bits per heavy atom. The van der Waals surface area contributed by atoms with Gasteiger partial charge in [-0.25, -0.2) is 9.40 Å². The number of hydrogen-bond acceptors (Lipinski definition) is 4. The van der Waals surface area contributed by atoms with Crippen LogP contribution in [-0.2, 0) is 11.3 Å². The fourth-order valence-corrected chi connectivity index (χ4v) is 3.89. The normalized spacial score (nSPS) is 15.7. The monoisotopic (exact) mass is 431 g/mol. The van der Waals surface area contributed by atoms with Crippen LogP contribution >= 0.6 is 0 Å². The van der Waals surface area contributed by atoms with Crippen molar-refractivity contribution < 1.29 is 13.9 Å². The summed E-state index contributed by atoms with van der Waals surface area (Å²) in [6.45, 7) is 0.748. The summed E-state index contributed by atoms with van der Waals surface area (Å²) in [6.07, 6.45) is 0.643. The summed E-state index contributed by atoms with van der Waals surface area (Å²) in [5.74, 6) is 0.420. The number of ether oxygens (including phenoxy) is 1. The minimum atomic E-state index is -0.269. The first kappa shape index (κ1) is 21.7. The standard InChI is InChI=1S/C26H26FN3O2/c1-29(17-19-8-12-22(27)13-9-19)18-26(31)30-25(21-10-14-23(32-2)15-11-21)16-24(28-30)20-6-4-3-5-7-20/h3-15,25H,16-18H2,1-2H3. The second-order valence-electron chi connectivity index (χ2n) is 7.94. The summed E-state index contributed by atoms with van der Waals surface area (Å²) in [4.78, 5) is 15.2. The Labute approximate surface area is 187 Å². The lowest BCUT2D eigenvalue weighted by atomic mass is 9.98. The fourth-order valence-electron chi connectivity index (χ4n) is 3.89. The summed E-state index contributed by atoms with van der Waals surface area (Å²) in [5.41, 5.74) is 3.86. The Morgan fingerprint density at radius 2 is 1.75 bits per heavy atom. The molecule has 164 valence electrons. The molecule has 0 bridgehead atoms. The van der Waals surface area contributed by atoms with Crippen LogP contribution in [0.15, 0.2) is 84.0 Å². The zero-order valence-corrected chi connectivity index (χ0v) is 18.2. The van der Waals surface area contributed by atoms with Gasteiger partial charge in [-0.1, -0.05) is 54.6 Å².